The molecule has 6 nitrogen and oxygen atoms in total. The van der Waals surface area contributed by atoms with Crippen molar-refractivity contribution in [2.45, 2.75) is 30.8 Å². The lowest BCUT2D eigenvalue weighted by atomic mass is 10.1. The molecule has 1 saturated heterocycles. The maximum absolute atomic E-state index is 12.6. The first-order chi connectivity index (χ1) is 9.63. The summed E-state index contributed by atoms with van der Waals surface area (Å²) in [4.78, 5) is 0.165. The normalized spacial score (nSPS) is 24.6. The molecule has 0 spiro atoms. The van der Waals surface area contributed by atoms with Crippen LogP contribution in [0.2, 0.25) is 0 Å². The Hall–Kier alpha value is -0.960. The van der Waals surface area contributed by atoms with Crippen LogP contribution in [-0.2, 0) is 19.9 Å². The Morgan fingerprint density at radius 1 is 1.29 bits per heavy atom. The Labute approximate surface area is 125 Å². The van der Waals surface area contributed by atoms with Crippen LogP contribution in [0.3, 0.4) is 0 Å². The van der Waals surface area contributed by atoms with Gasteiger partial charge in [-0.2, -0.15) is 4.31 Å². The van der Waals surface area contributed by atoms with Crippen molar-refractivity contribution in [2.24, 2.45) is 5.73 Å². The van der Waals surface area contributed by atoms with Crippen molar-refractivity contribution >= 4 is 19.9 Å². The monoisotopic (exact) mass is 332 g/mol. The molecule has 1 aromatic rings. The van der Waals surface area contributed by atoms with E-state index in [1.165, 1.54) is 16.4 Å². The summed E-state index contributed by atoms with van der Waals surface area (Å²) < 4.78 is 49.5. The third kappa shape index (κ3) is 3.45. The number of nitrogens with zero attached hydrogens (tertiary/aromatic N) is 1. The first-order valence-electron chi connectivity index (χ1n) is 6.71. The van der Waals surface area contributed by atoms with E-state index >= 15 is 0 Å². The zero-order chi connectivity index (χ0) is 15.8. The van der Waals surface area contributed by atoms with Gasteiger partial charge in [0.1, 0.15) is 0 Å². The van der Waals surface area contributed by atoms with Crippen LogP contribution in [0.1, 0.15) is 25.5 Å². The molecule has 0 amide bonds. The number of benzene rings is 1. The fourth-order valence-corrected chi connectivity index (χ4v) is 5.82. The van der Waals surface area contributed by atoms with E-state index in [9.17, 15) is 16.8 Å². The molecule has 8 heteroatoms. The predicted octanol–water partition coefficient (Wildman–Crippen LogP) is 0.514. The van der Waals surface area contributed by atoms with Crippen molar-refractivity contribution in [3.05, 3.63) is 29.8 Å². The van der Waals surface area contributed by atoms with Crippen molar-refractivity contribution in [1.82, 2.24) is 4.31 Å². The van der Waals surface area contributed by atoms with E-state index in [1.807, 2.05) is 6.92 Å². The molecule has 2 rings (SSSR count). The fraction of sp³-hybridized carbons (Fsp3) is 0.538. The third-order valence-electron chi connectivity index (χ3n) is 3.62. The molecule has 0 radical (unpaired) electrons. The van der Waals surface area contributed by atoms with Gasteiger partial charge in [0, 0.05) is 18.6 Å². The first kappa shape index (κ1) is 16.4. The van der Waals surface area contributed by atoms with Crippen LogP contribution in [0.15, 0.2) is 29.2 Å². The van der Waals surface area contributed by atoms with E-state index in [-0.39, 0.29) is 29.0 Å². The molecule has 1 aliphatic rings. The van der Waals surface area contributed by atoms with Gasteiger partial charge in [0.15, 0.2) is 9.84 Å². The lowest BCUT2D eigenvalue weighted by Crippen LogP contribution is -2.49. The van der Waals surface area contributed by atoms with Crippen molar-refractivity contribution in [3.63, 3.8) is 0 Å². The van der Waals surface area contributed by atoms with E-state index in [4.69, 9.17) is 5.73 Å². The van der Waals surface area contributed by atoms with Gasteiger partial charge >= 0.3 is 0 Å². The average Bonchev–Trinajstić information content (AvgIpc) is 2.37. The second-order valence-corrected chi connectivity index (χ2v) is 9.56. The molecule has 0 aliphatic carbocycles. The highest BCUT2D eigenvalue weighted by Crippen LogP contribution is 2.23. The number of hydrogen-bond donors (Lipinski definition) is 1. The van der Waals surface area contributed by atoms with E-state index in [2.05, 4.69) is 0 Å². The number of hydrogen-bond acceptors (Lipinski definition) is 5. The van der Waals surface area contributed by atoms with E-state index in [0.29, 0.717) is 0 Å². The molecule has 0 bridgehead atoms. The summed E-state index contributed by atoms with van der Waals surface area (Å²) in [6.45, 7) is 3.44. The van der Waals surface area contributed by atoms with Crippen LogP contribution in [-0.4, -0.2) is 45.2 Å². The highest BCUT2D eigenvalue weighted by Gasteiger charge is 2.36. The lowest BCUT2D eigenvalue weighted by Gasteiger charge is -2.32. The highest BCUT2D eigenvalue weighted by molar-refractivity contribution is 7.92. The van der Waals surface area contributed by atoms with Gasteiger partial charge in [0.2, 0.25) is 10.0 Å². The van der Waals surface area contributed by atoms with Crippen LogP contribution in [0.25, 0.3) is 0 Å². The maximum Gasteiger partial charge on any atom is 0.243 e. The maximum atomic E-state index is 12.6. The molecule has 2 atom stereocenters. The average molecular weight is 332 g/mol. The zero-order valence-electron chi connectivity index (χ0n) is 12.1. The Morgan fingerprint density at radius 3 is 2.33 bits per heavy atom. The van der Waals surface area contributed by atoms with Crippen molar-refractivity contribution < 1.29 is 16.8 Å². The summed E-state index contributed by atoms with van der Waals surface area (Å²) in [7, 11) is -6.82. The number of sulfone groups is 1. The van der Waals surface area contributed by atoms with Crippen molar-refractivity contribution in [1.29, 1.82) is 0 Å². The molecule has 1 aliphatic heterocycles. The first-order valence-corrected chi connectivity index (χ1v) is 9.97. The van der Waals surface area contributed by atoms with Crippen LogP contribution >= 0.6 is 0 Å². The fourth-order valence-electron chi connectivity index (χ4n) is 2.42. The second kappa shape index (κ2) is 5.68. The van der Waals surface area contributed by atoms with Crippen LogP contribution in [0.5, 0.6) is 0 Å². The second-order valence-electron chi connectivity index (χ2n) is 5.44. The molecule has 1 fully saturated rings. The molecule has 1 heterocycles. The SMILES string of the molecule is CC(N)c1ccc(S(=O)(=O)N2CCS(=O)(=O)CC2C)cc1. The van der Waals surface area contributed by atoms with Crippen LogP contribution < -0.4 is 5.73 Å². The summed E-state index contributed by atoms with van der Waals surface area (Å²) in [6, 6.07) is 5.68. The number of rotatable bonds is 3. The molecule has 0 saturated carbocycles. The Bertz CT molecular complexity index is 709. The van der Waals surface area contributed by atoms with Gasteiger partial charge in [-0.3, -0.25) is 0 Å². The minimum Gasteiger partial charge on any atom is -0.324 e. The van der Waals surface area contributed by atoms with E-state index < -0.39 is 25.9 Å². The van der Waals surface area contributed by atoms with E-state index in [0.717, 1.165) is 5.56 Å². The summed E-state index contributed by atoms with van der Waals surface area (Å²) in [5.74, 6) is -0.265. The molecule has 1 aromatic carbocycles. The molecule has 2 N–H and O–H groups in total. The number of sulfonamides is 1. The molecular formula is C13H20N2O4S2. The molecular weight excluding hydrogens is 312 g/mol. The summed E-state index contributed by atoms with van der Waals surface area (Å²) in [6.07, 6.45) is 0. The predicted molar refractivity (Wildman–Crippen MR) is 81.1 cm³/mol. The van der Waals surface area contributed by atoms with Gasteiger partial charge in [0.05, 0.1) is 16.4 Å². The third-order valence-corrected chi connectivity index (χ3v) is 7.44. The van der Waals surface area contributed by atoms with Gasteiger partial charge in [-0.25, -0.2) is 16.8 Å². The van der Waals surface area contributed by atoms with Gasteiger partial charge in [-0.05, 0) is 31.5 Å². The Balaban J connectivity index is 2.30. The quantitative estimate of drug-likeness (QED) is 0.870. The van der Waals surface area contributed by atoms with Gasteiger partial charge in [-0.1, -0.05) is 12.1 Å². The minimum absolute atomic E-state index is 0.000869. The minimum atomic E-state index is -3.68. The summed E-state index contributed by atoms with van der Waals surface area (Å²) >= 11 is 0. The van der Waals surface area contributed by atoms with Gasteiger partial charge in [-0.15, -0.1) is 0 Å². The molecule has 2 unspecified atom stereocenters. The molecule has 118 valence electrons. The van der Waals surface area contributed by atoms with E-state index in [1.54, 1.807) is 19.1 Å². The van der Waals surface area contributed by atoms with Crippen LogP contribution in [0, 0.1) is 0 Å². The Kier molecular flexibility index (Phi) is 4.44. The topological polar surface area (TPSA) is 97.5 Å². The smallest absolute Gasteiger partial charge is 0.243 e. The van der Waals surface area contributed by atoms with Gasteiger partial charge in [0.25, 0.3) is 0 Å². The molecule has 21 heavy (non-hydrogen) atoms. The number of nitrogens with two attached hydrogens (primary N) is 1. The van der Waals surface area contributed by atoms with Gasteiger partial charge < -0.3 is 5.73 Å². The van der Waals surface area contributed by atoms with Crippen molar-refractivity contribution in [2.75, 3.05) is 18.1 Å². The van der Waals surface area contributed by atoms with Crippen LogP contribution in [0.4, 0.5) is 0 Å². The standard InChI is InChI=1S/C13H20N2O4S2/c1-10-9-20(16,17)8-7-15(10)21(18,19)13-5-3-12(4-6-13)11(2)14/h3-6,10-11H,7-9,14H2,1-2H3. The Morgan fingerprint density at radius 2 is 1.86 bits per heavy atom. The summed E-state index contributed by atoms with van der Waals surface area (Å²) in [5, 5.41) is 0. The molecule has 0 aromatic heterocycles. The highest BCUT2D eigenvalue weighted by atomic mass is 32.2. The largest absolute Gasteiger partial charge is 0.324 e. The lowest BCUT2D eigenvalue weighted by molar-refractivity contribution is 0.357. The summed E-state index contributed by atoms with van der Waals surface area (Å²) in [5.41, 5.74) is 6.59. The van der Waals surface area contributed by atoms with Crippen molar-refractivity contribution in [3.8, 4) is 0 Å². The zero-order valence-corrected chi connectivity index (χ0v) is 13.7.